The van der Waals surface area contributed by atoms with E-state index in [1.807, 2.05) is 6.07 Å². The number of piperidine rings is 1. The summed E-state index contributed by atoms with van der Waals surface area (Å²) in [5, 5.41) is 8.15. The third-order valence-electron chi connectivity index (χ3n) is 3.51. The van der Waals surface area contributed by atoms with Gasteiger partial charge in [0.25, 0.3) is 0 Å². The second kappa shape index (κ2) is 5.78. The lowest BCUT2D eigenvalue weighted by Crippen LogP contribution is -2.33. The number of hydrogen-bond donors (Lipinski definition) is 2. The lowest BCUT2D eigenvalue weighted by molar-refractivity contribution is 0.356. The average Bonchev–Trinajstić information content (AvgIpc) is 2.82. The molecule has 1 fully saturated rings. The monoisotopic (exact) mass is 261 g/mol. The Morgan fingerprint density at radius 3 is 2.94 bits per heavy atom. The van der Waals surface area contributed by atoms with E-state index in [9.17, 15) is 0 Å². The van der Waals surface area contributed by atoms with Gasteiger partial charge in [0.15, 0.2) is 0 Å². The molecule has 3 nitrogen and oxygen atoms in total. The van der Waals surface area contributed by atoms with Crippen LogP contribution in [0, 0.1) is 5.92 Å². The van der Waals surface area contributed by atoms with Crippen LogP contribution in [0.3, 0.4) is 0 Å². The number of nitrogens with one attached hydrogen (secondary N) is 2. The SMILES string of the molecule is c1ccc2sc(CNCC3CCNCC3)nc2c1. The number of para-hydroxylation sites is 1. The number of hydrogen-bond acceptors (Lipinski definition) is 4. The summed E-state index contributed by atoms with van der Waals surface area (Å²) in [6, 6.07) is 8.35. The molecule has 3 rings (SSSR count). The van der Waals surface area contributed by atoms with E-state index in [4.69, 9.17) is 0 Å². The van der Waals surface area contributed by atoms with Crippen LogP contribution < -0.4 is 10.6 Å². The lowest BCUT2D eigenvalue weighted by Gasteiger charge is -2.22. The highest BCUT2D eigenvalue weighted by atomic mass is 32.1. The fourth-order valence-electron chi connectivity index (χ4n) is 2.46. The van der Waals surface area contributed by atoms with E-state index >= 15 is 0 Å². The summed E-state index contributed by atoms with van der Waals surface area (Å²) in [5.74, 6) is 0.834. The molecule has 1 aliphatic rings. The molecule has 0 radical (unpaired) electrons. The van der Waals surface area contributed by atoms with Gasteiger partial charge in [0.05, 0.1) is 10.2 Å². The van der Waals surface area contributed by atoms with Gasteiger partial charge in [-0.15, -0.1) is 11.3 Å². The summed E-state index contributed by atoms with van der Waals surface area (Å²) in [5.41, 5.74) is 1.13. The van der Waals surface area contributed by atoms with Crippen molar-refractivity contribution >= 4 is 21.6 Å². The van der Waals surface area contributed by atoms with Crippen LogP contribution in [0.15, 0.2) is 24.3 Å². The Bertz CT molecular complexity index is 469. The minimum atomic E-state index is 0.834. The number of rotatable bonds is 4. The molecule has 0 aliphatic carbocycles. The van der Waals surface area contributed by atoms with Gasteiger partial charge in [0.2, 0.25) is 0 Å². The molecule has 18 heavy (non-hydrogen) atoms. The van der Waals surface area contributed by atoms with Crippen molar-refractivity contribution in [3.8, 4) is 0 Å². The molecule has 1 aromatic heterocycles. The highest BCUT2D eigenvalue weighted by molar-refractivity contribution is 7.18. The Balaban J connectivity index is 1.53. The molecule has 2 N–H and O–H groups in total. The van der Waals surface area contributed by atoms with Crippen LogP contribution in [-0.2, 0) is 6.54 Å². The smallest absolute Gasteiger partial charge is 0.108 e. The van der Waals surface area contributed by atoms with E-state index in [1.165, 1.54) is 35.6 Å². The van der Waals surface area contributed by atoms with E-state index in [-0.39, 0.29) is 0 Å². The zero-order valence-corrected chi connectivity index (χ0v) is 11.3. The molecule has 96 valence electrons. The molecule has 1 saturated heterocycles. The fourth-order valence-corrected chi connectivity index (χ4v) is 3.40. The van der Waals surface area contributed by atoms with Crippen LogP contribution in [0.25, 0.3) is 10.2 Å². The maximum Gasteiger partial charge on any atom is 0.108 e. The fraction of sp³-hybridized carbons (Fsp3) is 0.500. The van der Waals surface area contributed by atoms with Crippen molar-refractivity contribution in [2.45, 2.75) is 19.4 Å². The minimum Gasteiger partial charge on any atom is -0.317 e. The molecule has 0 atom stereocenters. The first-order valence-corrected chi connectivity index (χ1v) is 7.49. The van der Waals surface area contributed by atoms with Crippen LogP contribution in [-0.4, -0.2) is 24.6 Å². The molecular formula is C14H19N3S. The highest BCUT2D eigenvalue weighted by Gasteiger charge is 2.12. The summed E-state index contributed by atoms with van der Waals surface area (Å²) in [6.07, 6.45) is 2.60. The van der Waals surface area contributed by atoms with Crippen LogP contribution in [0.4, 0.5) is 0 Å². The van der Waals surface area contributed by atoms with Crippen molar-refractivity contribution in [2.24, 2.45) is 5.92 Å². The molecule has 1 aromatic carbocycles. The van der Waals surface area contributed by atoms with E-state index < -0.39 is 0 Å². The van der Waals surface area contributed by atoms with Crippen molar-refractivity contribution in [2.75, 3.05) is 19.6 Å². The first-order chi connectivity index (χ1) is 8.92. The minimum absolute atomic E-state index is 0.834. The summed E-state index contributed by atoms with van der Waals surface area (Å²) >= 11 is 1.80. The maximum absolute atomic E-state index is 4.64. The van der Waals surface area contributed by atoms with Crippen molar-refractivity contribution in [3.63, 3.8) is 0 Å². The normalized spacial score (nSPS) is 17.3. The molecule has 4 heteroatoms. The standard InChI is InChI=1S/C14H19N3S/c1-2-4-13-12(3-1)17-14(18-13)10-16-9-11-5-7-15-8-6-11/h1-4,11,15-16H,5-10H2. The number of aromatic nitrogens is 1. The van der Waals surface area contributed by atoms with Gasteiger partial charge in [-0.05, 0) is 50.5 Å². The van der Waals surface area contributed by atoms with Crippen molar-refractivity contribution < 1.29 is 0 Å². The second-order valence-electron chi connectivity index (χ2n) is 4.90. The lowest BCUT2D eigenvalue weighted by atomic mass is 9.98. The number of thiazole rings is 1. The van der Waals surface area contributed by atoms with Gasteiger partial charge >= 0.3 is 0 Å². The van der Waals surface area contributed by atoms with Gasteiger partial charge in [-0.25, -0.2) is 4.98 Å². The Morgan fingerprint density at radius 1 is 1.28 bits per heavy atom. The molecule has 1 aliphatic heterocycles. The van der Waals surface area contributed by atoms with Crippen molar-refractivity contribution in [1.29, 1.82) is 0 Å². The van der Waals surface area contributed by atoms with Crippen LogP contribution >= 0.6 is 11.3 Å². The maximum atomic E-state index is 4.64. The first-order valence-electron chi connectivity index (χ1n) is 6.68. The molecule has 0 spiro atoms. The van der Waals surface area contributed by atoms with E-state index in [0.717, 1.165) is 24.5 Å². The largest absolute Gasteiger partial charge is 0.317 e. The van der Waals surface area contributed by atoms with E-state index in [0.29, 0.717) is 0 Å². The predicted octanol–water partition coefficient (Wildman–Crippen LogP) is 2.39. The summed E-state index contributed by atoms with van der Waals surface area (Å²) in [7, 11) is 0. The van der Waals surface area contributed by atoms with Gasteiger partial charge in [-0.2, -0.15) is 0 Å². The molecular weight excluding hydrogens is 242 g/mol. The summed E-state index contributed by atoms with van der Waals surface area (Å²) in [4.78, 5) is 4.64. The van der Waals surface area contributed by atoms with Gasteiger partial charge < -0.3 is 10.6 Å². The van der Waals surface area contributed by atoms with Crippen LogP contribution in [0.2, 0.25) is 0 Å². The second-order valence-corrected chi connectivity index (χ2v) is 6.01. The van der Waals surface area contributed by atoms with Crippen molar-refractivity contribution in [1.82, 2.24) is 15.6 Å². The molecule has 0 saturated carbocycles. The van der Waals surface area contributed by atoms with E-state index in [2.05, 4.69) is 33.8 Å². The molecule has 0 amide bonds. The number of nitrogens with zero attached hydrogens (tertiary/aromatic N) is 1. The summed E-state index contributed by atoms with van der Waals surface area (Å²) < 4.78 is 1.29. The molecule has 0 unspecified atom stereocenters. The topological polar surface area (TPSA) is 37.0 Å². The molecule has 2 aromatic rings. The van der Waals surface area contributed by atoms with Crippen LogP contribution in [0.5, 0.6) is 0 Å². The Labute approximate surface area is 112 Å². The van der Waals surface area contributed by atoms with Crippen molar-refractivity contribution in [3.05, 3.63) is 29.3 Å². The third kappa shape index (κ3) is 2.88. The zero-order chi connectivity index (χ0) is 12.2. The van der Waals surface area contributed by atoms with Gasteiger partial charge in [-0.3, -0.25) is 0 Å². The van der Waals surface area contributed by atoms with E-state index in [1.54, 1.807) is 11.3 Å². The summed E-state index contributed by atoms with van der Waals surface area (Å²) in [6.45, 7) is 4.38. The van der Waals surface area contributed by atoms with Crippen LogP contribution in [0.1, 0.15) is 17.8 Å². The Kier molecular flexibility index (Phi) is 3.88. The molecule has 0 bridgehead atoms. The van der Waals surface area contributed by atoms with Gasteiger partial charge in [0, 0.05) is 6.54 Å². The highest BCUT2D eigenvalue weighted by Crippen LogP contribution is 2.21. The average molecular weight is 261 g/mol. The third-order valence-corrected chi connectivity index (χ3v) is 4.54. The quantitative estimate of drug-likeness (QED) is 0.887. The number of fused-ring (bicyclic) bond motifs is 1. The molecule has 2 heterocycles. The predicted molar refractivity (Wildman–Crippen MR) is 76.9 cm³/mol. The number of benzene rings is 1. The Hall–Kier alpha value is -0.970. The van der Waals surface area contributed by atoms with Gasteiger partial charge in [0.1, 0.15) is 5.01 Å². The van der Waals surface area contributed by atoms with Gasteiger partial charge in [-0.1, -0.05) is 12.1 Å². The zero-order valence-electron chi connectivity index (χ0n) is 10.5. The first kappa shape index (κ1) is 12.1. The Morgan fingerprint density at radius 2 is 2.11 bits per heavy atom.